The van der Waals surface area contributed by atoms with Gasteiger partial charge in [-0.3, -0.25) is 4.55 Å². The number of aliphatic hydroxyl groups is 1. The number of hydrogen-bond donors (Lipinski definition) is 5. The summed E-state index contributed by atoms with van der Waals surface area (Å²) in [6.07, 6.45) is -1.08. The summed E-state index contributed by atoms with van der Waals surface area (Å²) in [4.78, 5) is -0.845. The van der Waals surface area contributed by atoms with Crippen LogP contribution < -0.4 is 5.32 Å². The van der Waals surface area contributed by atoms with Crippen molar-refractivity contribution in [1.82, 2.24) is 5.32 Å². The molecule has 0 bridgehead atoms. The van der Waals surface area contributed by atoms with Crippen molar-refractivity contribution in [2.24, 2.45) is 0 Å². The van der Waals surface area contributed by atoms with Gasteiger partial charge in [0, 0.05) is 6.54 Å². The second-order valence-corrected chi connectivity index (χ2v) is 4.83. The van der Waals surface area contributed by atoms with Gasteiger partial charge in [-0.25, -0.2) is 0 Å². The second kappa shape index (κ2) is 4.88. The maximum Gasteiger partial charge on any atom is 0.298 e. The molecule has 0 aromatic heterocycles. The summed E-state index contributed by atoms with van der Waals surface area (Å²) in [5.74, 6) is -1.68. The lowest BCUT2D eigenvalue weighted by atomic mass is 10.1. The Labute approximate surface area is 98.1 Å². The zero-order chi connectivity index (χ0) is 13.2. The number of hydrogen-bond acceptors (Lipinski definition) is 6. The number of aromatic hydroxyl groups is 2. The quantitative estimate of drug-likeness (QED) is 0.369. The molecule has 0 aliphatic carbocycles. The van der Waals surface area contributed by atoms with Gasteiger partial charge in [-0.1, -0.05) is 0 Å². The molecule has 7 nitrogen and oxygen atoms in total. The van der Waals surface area contributed by atoms with Crippen molar-refractivity contribution in [3.8, 4) is 11.5 Å². The fraction of sp³-hybridized carbons (Fsp3) is 0.333. The van der Waals surface area contributed by atoms with E-state index in [1.807, 2.05) is 0 Å². The number of nitrogens with one attached hydrogen (secondary N) is 1. The Balaban J connectivity index is 3.34. The van der Waals surface area contributed by atoms with Gasteiger partial charge >= 0.3 is 0 Å². The predicted octanol–water partition coefficient (Wildman–Crippen LogP) is -0.403. The van der Waals surface area contributed by atoms with Crippen molar-refractivity contribution in [2.75, 3.05) is 13.6 Å². The average molecular weight is 263 g/mol. The van der Waals surface area contributed by atoms with Crippen LogP contribution in [0.15, 0.2) is 17.0 Å². The van der Waals surface area contributed by atoms with Gasteiger partial charge in [0.05, 0.1) is 6.10 Å². The normalized spacial score (nSPS) is 13.6. The van der Waals surface area contributed by atoms with Crippen LogP contribution in [0, 0.1) is 0 Å². The first-order chi connectivity index (χ1) is 7.77. The maximum absolute atomic E-state index is 10.9. The van der Waals surface area contributed by atoms with Gasteiger partial charge in [0.25, 0.3) is 10.1 Å². The van der Waals surface area contributed by atoms with E-state index in [9.17, 15) is 23.7 Å². The van der Waals surface area contributed by atoms with Crippen molar-refractivity contribution in [1.29, 1.82) is 0 Å². The van der Waals surface area contributed by atoms with Gasteiger partial charge in [-0.15, -0.1) is 0 Å². The molecule has 96 valence electrons. The van der Waals surface area contributed by atoms with Crippen LogP contribution in [0.2, 0.25) is 0 Å². The average Bonchev–Trinajstić information content (AvgIpc) is 2.20. The van der Waals surface area contributed by atoms with Crippen LogP contribution in [0.1, 0.15) is 11.7 Å². The Morgan fingerprint density at radius 2 is 1.94 bits per heavy atom. The highest BCUT2D eigenvalue weighted by Crippen LogP contribution is 2.35. The minimum Gasteiger partial charge on any atom is -0.504 e. The van der Waals surface area contributed by atoms with E-state index in [1.165, 1.54) is 0 Å². The molecule has 0 spiro atoms. The first kappa shape index (κ1) is 13.7. The van der Waals surface area contributed by atoms with Crippen molar-refractivity contribution in [3.63, 3.8) is 0 Å². The molecule has 1 atom stereocenters. The van der Waals surface area contributed by atoms with Crippen molar-refractivity contribution in [3.05, 3.63) is 17.7 Å². The monoisotopic (exact) mass is 263 g/mol. The van der Waals surface area contributed by atoms with E-state index >= 15 is 0 Å². The lowest BCUT2D eigenvalue weighted by Gasteiger charge is -2.13. The second-order valence-electron chi connectivity index (χ2n) is 3.44. The molecule has 1 unspecified atom stereocenters. The van der Waals surface area contributed by atoms with E-state index in [1.54, 1.807) is 7.05 Å². The number of aliphatic hydroxyl groups excluding tert-OH is 1. The lowest BCUT2D eigenvalue weighted by molar-refractivity contribution is 0.177. The first-order valence-electron chi connectivity index (χ1n) is 4.63. The molecule has 0 amide bonds. The van der Waals surface area contributed by atoms with Crippen LogP contribution in [0.25, 0.3) is 0 Å². The van der Waals surface area contributed by atoms with E-state index in [-0.39, 0.29) is 12.1 Å². The third-order valence-electron chi connectivity index (χ3n) is 2.14. The predicted molar refractivity (Wildman–Crippen MR) is 58.5 cm³/mol. The SMILES string of the molecule is CNCC(O)c1cc(O)c(O)c(S(=O)(=O)O)c1. The van der Waals surface area contributed by atoms with E-state index in [2.05, 4.69) is 5.32 Å². The van der Waals surface area contributed by atoms with Crippen LogP contribution in [0.3, 0.4) is 0 Å². The van der Waals surface area contributed by atoms with Crippen LogP contribution in [-0.2, 0) is 10.1 Å². The molecule has 0 saturated heterocycles. The van der Waals surface area contributed by atoms with Gasteiger partial charge < -0.3 is 20.6 Å². The molecule has 0 aliphatic heterocycles. The summed E-state index contributed by atoms with van der Waals surface area (Å²) in [6.45, 7) is 0.120. The molecule has 0 heterocycles. The van der Waals surface area contributed by atoms with E-state index in [0.717, 1.165) is 12.1 Å². The van der Waals surface area contributed by atoms with E-state index in [4.69, 9.17) is 4.55 Å². The molecule has 8 heteroatoms. The fourth-order valence-corrected chi connectivity index (χ4v) is 1.95. The molecular formula is C9H13NO6S. The molecule has 5 N–H and O–H groups in total. The summed E-state index contributed by atoms with van der Waals surface area (Å²) in [7, 11) is -3.09. The Bertz CT molecular complexity index is 512. The third kappa shape index (κ3) is 3.07. The Morgan fingerprint density at radius 1 is 1.35 bits per heavy atom. The van der Waals surface area contributed by atoms with Crippen LogP contribution in [0.5, 0.6) is 11.5 Å². The maximum atomic E-state index is 10.9. The summed E-state index contributed by atoms with van der Waals surface area (Å²) < 4.78 is 30.7. The molecule has 0 saturated carbocycles. The number of rotatable bonds is 4. The Morgan fingerprint density at radius 3 is 2.41 bits per heavy atom. The largest absolute Gasteiger partial charge is 0.504 e. The topological polar surface area (TPSA) is 127 Å². The Kier molecular flexibility index (Phi) is 3.94. The first-order valence-corrected chi connectivity index (χ1v) is 6.07. The van der Waals surface area contributed by atoms with E-state index in [0.29, 0.717) is 0 Å². The molecule has 0 aliphatic rings. The van der Waals surface area contributed by atoms with Gasteiger partial charge in [0.2, 0.25) is 0 Å². The van der Waals surface area contributed by atoms with Crippen LogP contribution in [-0.4, -0.2) is 41.9 Å². The summed E-state index contributed by atoms with van der Waals surface area (Å²) >= 11 is 0. The number of phenolic OH excluding ortho intramolecular Hbond substituents is 2. The van der Waals surface area contributed by atoms with Gasteiger partial charge in [-0.05, 0) is 24.7 Å². The highest BCUT2D eigenvalue weighted by atomic mass is 32.2. The highest BCUT2D eigenvalue weighted by molar-refractivity contribution is 7.86. The summed E-state index contributed by atoms with van der Waals surface area (Å²) in [6, 6.07) is 1.92. The molecule has 17 heavy (non-hydrogen) atoms. The molecule has 1 aromatic carbocycles. The van der Waals surface area contributed by atoms with Crippen LogP contribution >= 0.6 is 0 Å². The number of phenols is 2. The van der Waals surface area contributed by atoms with Crippen LogP contribution in [0.4, 0.5) is 0 Å². The Hall–Kier alpha value is -1.35. The third-order valence-corrected chi connectivity index (χ3v) is 3.00. The molecule has 0 radical (unpaired) electrons. The summed E-state index contributed by atoms with van der Waals surface area (Å²) in [5.41, 5.74) is 0.0577. The molecule has 1 rings (SSSR count). The van der Waals surface area contributed by atoms with Crippen molar-refractivity contribution >= 4 is 10.1 Å². The van der Waals surface area contributed by atoms with Gasteiger partial charge in [-0.2, -0.15) is 8.42 Å². The van der Waals surface area contributed by atoms with Crippen molar-refractivity contribution < 1.29 is 28.3 Å². The number of likely N-dealkylation sites (N-methyl/N-ethyl adjacent to an activating group) is 1. The van der Waals surface area contributed by atoms with Gasteiger partial charge in [0.1, 0.15) is 4.90 Å². The zero-order valence-corrected chi connectivity index (χ0v) is 9.77. The highest BCUT2D eigenvalue weighted by Gasteiger charge is 2.21. The fourth-order valence-electron chi connectivity index (χ4n) is 1.31. The summed E-state index contributed by atoms with van der Waals surface area (Å²) in [5, 5.41) is 30.8. The molecular weight excluding hydrogens is 250 g/mol. The standard InChI is InChI=1S/C9H13NO6S/c1-10-4-7(12)5-2-6(11)9(13)8(3-5)17(14,15)16/h2-3,7,10-13H,4H2,1H3,(H,14,15,16). The van der Waals surface area contributed by atoms with E-state index < -0.39 is 32.6 Å². The number of benzene rings is 1. The molecule has 0 fully saturated rings. The van der Waals surface area contributed by atoms with Crippen molar-refractivity contribution in [2.45, 2.75) is 11.0 Å². The lowest BCUT2D eigenvalue weighted by Crippen LogP contribution is -2.17. The minimum absolute atomic E-state index is 0.0577. The minimum atomic E-state index is -4.67. The van der Waals surface area contributed by atoms with Gasteiger partial charge in [0.15, 0.2) is 11.5 Å². The smallest absolute Gasteiger partial charge is 0.298 e. The molecule has 1 aromatic rings. The zero-order valence-electron chi connectivity index (χ0n) is 8.95.